The van der Waals surface area contributed by atoms with E-state index >= 15 is 0 Å². The highest BCUT2D eigenvalue weighted by Gasteiger charge is 2.23. The molecule has 5 rings (SSSR count). The van der Waals surface area contributed by atoms with Crippen LogP contribution in [0.3, 0.4) is 0 Å². The fourth-order valence-corrected chi connectivity index (χ4v) is 4.55. The van der Waals surface area contributed by atoms with E-state index in [-0.39, 0.29) is 0 Å². The number of nitrogens with zero attached hydrogens (tertiary/aromatic N) is 5. The number of hydrogen-bond donors (Lipinski definition) is 4. The van der Waals surface area contributed by atoms with Gasteiger partial charge in [-0.3, -0.25) is 0 Å². The summed E-state index contributed by atoms with van der Waals surface area (Å²) in [5.74, 6) is 2.12. The number of aryl methyl sites for hydroxylation is 1. The van der Waals surface area contributed by atoms with E-state index in [0.29, 0.717) is 5.95 Å². The van der Waals surface area contributed by atoms with Crippen molar-refractivity contribution in [2.45, 2.75) is 51.3 Å². The van der Waals surface area contributed by atoms with E-state index in [1.54, 1.807) is 0 Å². The molecular weight excluding hydrogens is 404 g/mol. The Morgan fingerprint density at radius 1 is 1.03 bits per heavy atom. The minimum atomic E-state index is -0.936. The molecule has 2 aliphatic rings. The minimum Gasteiger partial charge on any atom is -0.371 e. The largest absolute Gasteiger partial charge is 0.371 e. The molecule has 1 fully saturated rings. The molecular formula is C23H32N8O. The zero-order valence-electron chi connectivity index (χ0n) is 18.6. The Labute approximate surface area is 188 Å². The topological polar surface area (TPSA) is 103 Å². The van der Waals surface area contributed by atoms with Crippen LogP contribution in [0.4, 0.5) is 23.3 Å². The molecule has 0 amide bonds. The molecule has 170 valence electrons. The van der Waals surface area contributed by atoms with Crippen LogP contribution in [0.15, 0.2) is 30.6 Å². The van der Waals surface area contributed by atoms with Gasteiger partial charge in [0.2, 0.25) is 5.95 Å². The second-order valence-electron chi connectivity index (χ2n) is 8.98. The summed E-state index contributed by atoms with van der Waals surface area (Å²) < 4.78 is 2.16. The van der Waals surface area contributed by atoms with Gasteiger partial charge >= 0.3 is 0 Å². The molecule has 5 heterocycles. The van der Waals surface area contributed by atoms with Crippen LogP contribution in [-0.2, 0) is 6.54 Å². The molecule has 3 aromatic heterocycles. The molecule has 0 saturated carbocycles. The van der Waals surface area contributed by atoms with Crippen molar-refractivity contribution in [3.63, 3.8) is 0 Å². The summed E-state index contributed by atoms with van der Waals surface area (Å²) in [6.07, 6.45) is 8.84. The molecule has 1 atom stereocenters. The van der Waals surface area contributed by atoms with Crippen molar-refractivity contribution in [1.29, 1.82) is 0 Å². The van der Waals surface area contributed by atoms with Gasteiger partial charge in [0.25, 0.3) is 0 Å². The van der Waals surface area contributed by atoms with Gasteiger partial charge in [-0.05, 0) is 44.4 Å². The van der Waals surface area contributed by atoms with Crippen LogP contribution in [0.5, 0.6) is 0 Å². The molecule has 0 bridgehead atoms. The van der Waals surface area contributed by atoms with Gasteiger partial charge in [0.15, 0.2) is 0 Å². The summed E-state index contributed by atoms with van der Waals surface area (Å²) >= 11 is 0. The number of rotatable bonds is 3. The highest BCUT2D eigenvalue weighted by molar-refractivity contribution is 5.82. The molecule has 1 unspecified atom stereocenters. The SMILES string of the molecule is CC1(O)CCCCCCn2c(cc3cnc(Nc4ccc(N5CCNCC5)cn4)nc32)N1. The second kappa shape index (κ2) is 8.91. The predicted molar refractivity (Wildman–Crippen MR) is 127 cm³/mol. The number of aromatic nitrogens is 4. The monoisotopic (exact) mass is 436 g/mol. The van der Waals surface area contributed by atoms with E-state index in [1.165, 1.54) is 0 Å². The molecule has 4 N–H and O–H groups in total. The summed E-state index contributed by atoms with van der Waals surface area (Å²) in [7, 11) is 0. The molecule has 0 radical (unpaired) electrons. The van der Waals surface area contributed by atoms with E-state index in [4.69, 9.17) is 4.98 Å². The van der Waals surface area contributed by atoms with Crippen molar-refractivity contribution in [2.24, 2.45) is 0 Å². The van der Waals surface area contributed by atoms with Gasteiger partial charge in [0.05, 0.1) is 11.9 Å². The molecule has 0 aliphatic carbocycles. The van der Waals surface area contributed by atoms with Gasteiger partial charge in [-0.2, -0.15) is 4.98 Å². The maximum Gasteiger partial charge on any atom is 0.230 e. The highest BCUT2D eigenvalue weighted by atomic mass is 16.3. The quantitative estimate of drug-likeness (QED) is 0.497. The second-order valence-corrected chi connectivity index (χ2v) is 8.98. The molecule has 2 aliphatic heterocycles. The van der Waals surface area contributed by atoms with Crippen LogP contribution >= 0.6 is 0 Å². The van der Waals surface area contributed by atoms with Crippen LogP contribution < -0.4 is 20.9 Å². The molecule has 3 aromatic rings. The van der Waals surface area contributed by atoms with Gasteiger partial charge in [-0.15, -0.1) is 0 Å². The summed E-state index contributed by atoms with van der Waals surface area (Å²) in [5.41, 5.74) is 1.05. The first-order valence-electron chi connectivity index (χ1n) is 11.6. The number of hydrogen-bond acceptors (Lipinski definition) is 8. The Hall–Kier alpha value is -2.91. The van der Waals surface area contributed by atoms with Crippen molar-refractivity contribution >= 4 is 34.3 Å². The van der Waals surface area contributed by atoms with E-state index in [1.807, 2.05) is 31.5 Å². The predicted octanol–water partition coefficient (Wildman–Crippen LogP) is 3.06. The van der Waals surface area contributed by atoms with E-state index in [0.717, 1.165) is 93.2 Å². The molecule has 1 saturated heterocycles. The van der Waals surface area contributed by atoms with E-state index in [2.05, 4.69) is 41.5 Å². The fourth-order valence-electron chi connectivity index (χ4n) is 4.55. The smallest absolute Gasteiger partial charge is 0.230 e. The lowest BCUT2D eigenvalue weighted by atomic mass is 10.0. The van der Waals surface area contributed by atoms with Crippen LogP contribution in [-0.4, -0.2) is 56.5 Å². The third-order valence-corrected chi connectivity index (χ3v) is 6.30. The molecule has 0 aromatic carbocycles. The number of fused-ring (bicyclic) bond motifs is 3. The minimum absolute atomic E-state index is 0.518. The van der Waals surface area contributed by atoms with Crippen LogP contribution in [0, 0.1) is 0 Å². The number of pyridine rings is 1. The number of anilines is 4. The average molecular weight is 437 g/mol. The first-order chi connectivity index (χ1) is 15.6. The zero-order chi connectivity index (χ0) is 22.0. The number of piperazine rings is 1. The maximum absolute atomic E-state index is 10.7. The van der Waals surface area contributed by atoms with Crippen molar-refractivity contribution in [1.82, 2.24) is 24.8 Å². The van der Waals surface area contributed by atoms with Crippen LogP contribution in [0.1, 0.15) is 39.0 Å². The standard InChI is InChI=1S/C23H32N8O/c1-23(32)8-4-2-3-5-11-31-20(29-23)14-17-15-26-22(28-21(17)31)27-19-7-6-18(16-25-19)30-12-9-24-10-13-30/h6-7,14-16,24,29,32H,2-5,8-13H2,1H3,(H,25,26,27,28). The average Bonchev–Trinajstić information content (AvgIpc) is 3.13. The van der Waals surface area contributed by atoms with E-state index in [9.17, 15) is 5.11 Å². The lowest BCUT2D eigenvalue weighted by molar-refractivity contribution is 0.0762. The summed E-state index contributed by atoms with van der Waals surface area (Å²) in [4.78, 5) is 16.2. The molecule has 9 heteroatoms. The Balaban J connectivity index is 1.38. The van der Waals surface area contributed by atoms with Crippen molar-refractivity contribution < 1.29 is 5.11 Å². The Morgan fingerprint density at radius 3 is 2.69 bits per heavy atom. The fraction of sp³-hybridized carbons (Fsp3) is 0.522. The van der Waals surface area contributed by atoms with Crippen molar-refractivity contribution in [2.75, 3.05) is 41.7 Å². The van der Waals surface area contributed by atoms with Crippen LogP contribution in [0.25, 0.3) is 11.0 Å². The van der Waals surface area contributed by atoms with Crippen molar-refractivity contribution in [3.05, 3.63) is 30.6 Å². The first-order valence-corrected chi connectivity index (χ1v) is 11.6. The Kier molecular flexibility index (Phi) is 5.84. The van der Waals surface area contributed by atoms with Gasteiger partial charge in [0, 0.05) is 44.3 Å². The molecule has 32 heavy (non-hydrogen) atoms. The molecule has 9 nitrogen and oxygen atoms in total. The van der Waals surface area contributed by atoms with Crippen LogP contribution in [0.2, 0.25) is 0 Å². The maximum atomic E-state index is 10.7. The summed E-state index contributed by atoms with van der Waals surface area (Å²) in [6, 6.07) is 6.08. The summed E-state index contributed by atoms with van der Waals surface area (Å²) in [6.45, 7) is 6.68. The third-order valence-electron chi connectivity index (χ3n) is 6.30. The Morgan fingerprint density at radius 2 is 1.88 bits per heavy atom. The normalized spacial score (nSPS) is 22.2. The Bertz CT molecular complexity index is 1060. The number of aliphatic hydroxyl groups is 1. The molecule has 0 spiro atoms. The van der Waals surface area contributed by atoms with Gasteiger partial charge in [-0.25, -0.2) is 9.97 Å². The summed E-state index contributed by atoms with van der Waals surface area (Å²) in [5, 5.41) is 21.6. The van der Waals surface area contributed by atoms with Crippen molar-refractivity contribution in [3.8, 4) is 0 Å². The van der Waals surface area contributed by atoms with Gasteiger partial charge in [-0.1, -0.05) is 12.8 Å². The lowest BCUT2D eigenvalue weighted by Gasteiger charge is -2.29. The first kappa shape index (κ1) is 21.0. The van der Waals surface area contributed by atoms with Gasteiger partial charge in [0.1, 0.15) is 23.0 Å². The van der Waals surface area contributed by atoms with Gasteiger partial charge < -0.3 is 30.5 Å². The third kappa shape index (κ3) is 4.63. The lowest BCUT2D eigenvalue weighted by Crippen LogP contribution is -2.43. The zero-order valence-corrected chi connectivity index (χ0v) is 18.6. The number of nitrogens with one attached hydrogen (secondary N) is 3. The highest BCUT2D eigenvalue weighted by Crippen LogP contribution is 2.29. The van der Waals surface area contributed by atoms with E-state index < -0.39 is 5.72 Å².